The van der Waals surface area contributed by atoms with E-state index in [2.05, 4.69) is 35.2 Å². The molecule has 0 aliphatic carbocycles. The summed E-state index contributed by atoms with van der Waals surface area (Å²) in [6.07, 6.45) is 4.39. The smallest absolute Gasteiger partial charge is 0.144 e. The fourth-order valence-corrected chi connectivity index (χ4v) is 2.52. The van der Waals surface area contributed by atoms with Gasteiger partial charge in [-0.3, -0.25) is 4.90 Å². The highest BCUT2D eigenvalue weighted by atomic mass is 15.3. The second kappa shape index (κ2) is 5.47. The minimum atomic E-state index is 0.650. The molecule has 2 unspecified atom stereocenters. The Morgan fingerprint density at radius 3 is 3.06 bits per heavy atom. The van der Waals surface area contributed by atoms with Crippen LogP contribution in [0.15, 0.2) is 18.3 Å². The summed E-state index contributed by atoms with van der Waals surface area (Å²) in [6.45, 7) is 6.72. The SMILES string of the molecule is CC1CCC(C)N(Cc2cccnc2NN)C1. The van der Waals surface area contributed by atoms with Crippen molar-refractivity contribution in [2.75, 3.05) is 12.0 Å². The number of hydrogen-bond donors (Lipinski definition) is 2. The summed E-state index contributed by atoms with van der Waals surface area (Å²) < 4.78 is 0. The van der Waals surface area contributed by atoms with Crippen LogP contribution in [0.25, 0.3) is 0 Å². The molecule has 1 fully saturated rings. The van der Waals surface area contributed by atoms with E-state index in [0.29, 0.717) is 6.04 Å². The Balaban J connectivity index is 2.08. The van der Waals surface area contributed by atoms with Gasteiger partial charge < -0.3 is 5.43 Å². The fraction of sp³-hybridized carbons (Fsp3) is 0.615. The lowest BCUT2D eigenvalue weighted by atomic mass is 9.94. The van der Waals surface area contributed by atoms with Gasteiger partial charge in [0.15, 0.2) is 0 Å². The van der Waals surface area contributed by atoms with E-state index in [0.717, 1.165) is 18.3 Å². The van der Waals surface area contributed by atoms with Crippen LogP contribution in [0.3, 0.4) is 0 Å². The number of likely N-dealkylation sites (tertiary alicyclic amines) is 1. The largest absolute Gasteiger partial charge is 0.308 e. The molecule has 1 aliphatic rings. The molecule has 1 aromatic heterocycles. The summed E-state index contributed by atoms with van der Waals surface area (Å²) in [6, 6.07) is 4.71. The molecule has 0 spiro atoms. The number of rotatable bonds is 3. The third-order valence-electron chi connectivity index (χ3n) is 3.65. The van der Waals surface area contributed by atoms with Crippen molar-refractivity contribution in [2.45, 2.75) is 39.3 Å². The average molecular weight is 234 g/mol. The van der Waals surface area contributed by atoms with E-state index in [-0.39, 0.29) is 0 Å². The zero-order valence-electron chi connectivity index (χ0n) is 10.7. The number of hydrazine groups is 1. The summed E-state index contributed by atoms with van der Waals surface area (Å²) >= 11 is 0. The number of hydrogen-bond acceptors (Lipinski definition) is 4. The summed E-state index contributed by atoms with van der Waals surface area (Å²) in [4.78, 5) is 6.76. The summed E-state index contributed by atoms with van der Waals surface area (Å²) in [7, 11) is 0. The summed E-state index contributed by atoms with van der Waals surface area (Å²) in [5, 5.41) is 0. The second-order valence-electron chi connectivity index (χ2n) is 5.12. The van der Waals surface area contributed by atoms with E-state index in [9.17, 15) is 0 Å². The molecule has 94 valence electrons. The number of nitrogen functional groups attached to an aromatic ring is 1. The second-order valence-corrected chi connectivity index (χ2v) is 5.12. The lowest BCUT2D eigenvalue weighted by Crippen LogP contribution is -2.40. The lowest BCUT2D eigenvalue weighted by molar-refractivity contribution is 0.117. The van der Waals surface area contributed by atoms with Crippen molar-refractivity contribution in [3.63, 3.8) is 0 Å². The molecule has 1 aromatic rings. The Labute approximate surface area is 103 Å². The van der Waals surface area contributed by atoms with Gasteiger partial charge in [-0.2, -0.15) is 0 Å². The van der Waals surface area contributed by atoms with Crippen LogP contribution in [0.5, 0.6) is 0 Å². The van der Waals surface area contributed by atoms with Crippen molar-refractivity contribution in [3.05, 3.63) is 23.9 Å². The maximum absolute atomic E-state index is 5.49. The third kappa shape index (κ3) is 2.96. The van der Waals surface area contributed by atoms with Gasteiger partial charge in [0.2, 0.25) is 0 Å². The van der Waals surface area contributed by atoms with Gasteiger partial charge in [-0.15, -0.1) is 0 Å². The number of pyridine rings is 1. The van der Waals surface area contributed by atoms with Gasteiger partial charge >= 0.3 is 0 Å². The molecule has 0 saturated carbocycles. The molecule has 17 heavy (non-hydrogen) atoms. The molecule has 4 nitrogen and oxygen atoms in total. The first-order chi connectivity index (χ1) is 8.20. The number of anilines is 1. The van der Waals surface area contributed by atoms with Crippen LogP contribution in [0.1, 0.15) is 32.3 Å². The van der Waals surface area contributed by atoms with Gasteiger partial charge in [-0.25, -0.2) is 10.8 Å². The van der Waals surface area contributed by atoms with Gasteiger partial charge in [-0.1, -0.05) is 13.0 Å². The van der Waals surface area contributed by atoms with Crippen LogP contribution in [-0.2, 0) is 6.54 Å². The van der Waals surface area contributed by atoms with E-state index in [1.165, 1.54) is 24.9 Å². The van der Waals surface area contributed by atoms with E-state index < -0.39 is 0 Å². The maximum Gasteiger partial charge on any atom is 0.144 e. The Morgan fingerprint density at radius 1 is 1.47 bits per heavy atom. The Bertz CT molecular complexity index is 366. The highest BCUT2D eigenvalue weighted by Crippen LogP contribution is 2.24. The molecule has 0 aromatic carbocycles. The lowest BCUT2D eigenvalue weighted by Gasteiger charge is -2.36. The molecule has 1 saturated heterocycles. The molecule has 2 atom stereocenters. The van der Waals surface area contributed by atoms with Crippen molar-refractivity contribution in [3.8, 4) is 0 Å². The number of nitrogens with zero attached hydrogens (tertiary/aromatic N) is 2. The van der Waals surface area contributed by atoms with E-state index in [4.69, 9.17) is 5.84 Å². The average Bonchev–Trinajstić information content (AvgIpc) is 2.34. The maximum atomic E-state index is 5.49. The van der Waals surface area contributed by atoms with E-state index in [1.54, 1.807) is 6.20 Å². The van der Waals surface area contributed by atoms with Gasteiger partial charge in [0.05, 0.1) is 0 Å². The number of aromatic nitrogens is 1. The molecule has 0 bridgehead atoms. The first-order valence-corrected chi connectivity index (χ1v) is 6.35. The molecule has 4 heteroatoms. The topological polar surface area (TPSA) is 54.2 Å². The van der Waals surface area contributed by atoms with Crippen LogP contribution in [0, 0.1) is 5.92 Å². The molecule has 0 amide bonds. The number of nitrogens with one attached hydrogen (secondary N) is 1. The van der Waals surface area contributed by atoms with E-state index >= 15 is 0 Å². The highest BCUT2D eigenvalue weighted by Gasteiger charge is 2.23. The Morgan fingerprint density at radius 2 is 2.29 bits per heavy atom. The van der Waals surface area contributed by atoms with Crippen LogP contribution >= 0.6 is 0 Å². The molecular weight excluding hydrogens is 212 g/mol. The number of nitrogens with two attached hydrogens (primary N) is 1. The molecule has 2 heterocycles. The minimum Gasteiger partial charge on any atom is -0.308 e. The van der Waals surface area contributed by atoms with Crippen molar-refractivity contribution in [1.82, 2.24) is 9.88 Å². The molecule has 2 rings (SSSR count). The fourth-order valence-electron chi connectivity index (χ4n) is 2.52. The van der Waals surface area contributed by atoms with Gasteiger partial charge in [-0.05, 0) is 31.7 Å². The Hall–Kier alpha value is -1.13. The monoisotopic (exact) mass is 234 g/mol. The predicted octanol–water partition coefficient (Wildman–Crippen LogP) is 1.99. The highest BCUT2D eigenvalue weighted by molar-refractivity contribution is 5.42. The van der Waals surface area contributed by atoms with Crippen molar-refractivity contribution in [1.29, 1.82) is 0 Å². The first kappa shape index (κ1) is 12.3. The van der Waals surface area contributed by atoms with Gasteiger partial charge in [0, 0.05) is 30.9 Å². The summed E-state index contributed by atoms with van der Waals surface area (Å²) in [5.74, 6) is 7.07. The zero-order valence-corrected chi connectivity index (χ0v) is 10.7. The molecular formula is C13H22N4. The first-order valence-electron chi connectivity index (χ1n) is 6.35. The van der Waals surface area contributed by atoms with Crippen molar-refractivity contribution < 1.29 is 0 Å². The van der Waals surface area contributed by atoms with Crippen molar-refractivity contribution >= 4 is 5.82 Å². The Kier molecular flexibility index (Phi) is 3.97. The quantitative estimate of drug-likeness (QED) is 0.620. The van der Waals surface area contributed by atoms with Crippen LogP contribution in [0.4, 0.5) is 5.82 Å². The third-order valence-corrected chi connectivity index (χ3v) is 3.65. The van der Waals surface area contributed by atoms with Crippen LogP contribution in [-0.4, -0.2) is 22.5 Å². The van der Waals surface area contributed by atoms with Crippen molar-refractivity contribution in [2.24, 2.45) is 11.8 Å². The molecule has 3 N–H and O–H groups in total. The minimum absolute atomic E-state index is 0.650. The standard InChI is InChI=1S/C13H22N4/c1-10-5-6-11(2)17(8-10)9-12-4-3-7-15-13(12)16-14/h3-4,7,10-11H,5-6,8-9,14H2,1-2H3,(H,15,16). The normalized spacial score (nSPS) is 25.8. The molecule has 1 aliphatic heterocycles. The van der Waals surface area contributed by atoms with E-state index in [1.807, 2.05) is 6.07 Å². The molecule has 0 radical (unpaired) electrons. The zero-order chi connectivity index (χ0) is 12.3. The van der Waals surface area contributed by atoms with Gasteiger partial charge in [0.1, 0.15) is 5.82 Å². The van der Waals surface area contributed by atoms with Crippen LogP contribution < -0.4 is 11.3 Å². The number of piperidine rings is 1. The van der Waals surface area contributed by atoms with Crippen LogP contribution in [0.2, 0.25) is 0 Å². The predicted molar refractivity (Wildman–Crippen MR) is 70.3 cm³/mol. The van der Waals surface area contributed by atoms with Gasteiger partial charge in [0.25, 0.3) is 0 Å². The summed E-state index contributed by atoms with van der Waals surface area (Å²) in [5.41, 5.74) is 3.85.